The maximum Gasteiger partial charge on any atom is 0.219 e. The zero-order valence-electron chi connectivity index (χ0n) is 22.7. The van der Waals surface area contributed by atoms with Gasteiger partial charge >= 0.3 is 0 Å². The Morgan fingerprint density at radius 1 is 0.643 bits per heavy atom. The van der Waals surface area contributed by atoms with Gasteiger partial charge in [-0.3, -0.25) is 0 Å². The molecule has 9 heteroatoms. The van der Waals surface area contributed by atoms with Crippen LogP contribution in [0.1, 0.15) is 91.3 Å². The molecule has 0 unspecified atom stereocenters. The van der Waals surface area contributed by atoms with Crippen LogP contribution in [0.3, 0.4) is 0 Å². The zero-order chi connectivity index (χ0) is 28.6. The maximum absolute atomic E-state index is 9.39. The fraction of sp³-hybridized carbons (Fsp3) is 0.364. The standard InChI is InChI=1S/C33H23N5S4/c34-14-18(15-35)11-20-12-21-26(39-20)28-24(32(21)7-3-1-4-8-32)30-31(41-28)25-29(42-30)27-22(33(25)9-5-2-6-10-33)13-23(40-27)38-19(16-36)17-37/h11-13H,1-10H2. The Bertz CT molecular complexity index is 1870. The highest BCUT2D eigenvalue weighted by molar-refractivity contribution is 7.34. The van der Waals surface area contributed by atoms with Crippen molar-refractivity contribution in [2.45, 2.75) is 75.0 Å². The Labute approximate surface area is 259 Å². The van der Waals surface area contributed by atoms with E-state index in [0.29, 0.717) is 0 Å². The van der Waals surface area contributed by atoms with Gasteiger partial charge in [-0.1, -0.05) is 38.5 Å². The summed E-state index contributed by atoms with van der Waals surface area (Å²) in [6, 6.07) is 12.4. The first-order valence-electron chi connectivity index (χ1n) is 14.4. The summed E-state index contributed by atoms with van der Waals surface area (Å²) in [5, 5.41) is 38.2. The monoisotopic (exact) mass is 617 g/mol. The molecular weight excluding hydrogens is 595 g/mol. The molecule has 0 atom stereocenters. The van der Waals surface area contributed by atoms with E-state index in [2.05, 4.69) is 17.1 Å². The Morgan fingerprint density at radius 3 is 1.69 bits per heavy atom. The first kappa shape index (κ1) is 26.1. The lowest BCUT2D eigenvalue weighted by atomic mass is 9.67. The average Bonchev–Trinajstić information content (AvgIpc) is 3.84. The smallest absolute Gasteiger partial charge is 0.216 e. The van der Waals surface area contributed by atoms with Crippen molar-refractivity contribution in [2.75, 3.05) is 0 Å². The molecule has 0 bridgehead atoms. The van der Waals surface area contributed by atoms with Gasteiger partial charge in [0.25, 0.3) is 0 Å². The quantitative estimate of drug-likeness (QED) is 0.165. The molecule has 2 spiro atoms. The third-order valence-electron chi connectivity index (χ3n) is 9.77. The first-order chi connectivity index (χ1) is 20.6. The van der Waals surface area contributed by atoms with Gasteiger partial charge in [0.2, 0.25) is 5.71 Å². The highest BCUT2D eigenvalue weighted by Gasteiger charge is 2.52. The van der Waals surface area contributed by atoms with E-state index in [1.807, 2.05) is 47.0 Å². The maximum atomic E-state index is 9.39. The Kier molecular flexibility index (Phi) is 5.88. The third-order valence-corrected chi connectivity index (χ3v) is 14.8. The van der Waals surface area contributed by atoms with E-state index < -0.39 is 0 Å². The Morgan fingerprint density at radius 2 is 1.17 bits per heavy atom. The van der Waals surface area contributed by atoms with Crippen molar-refractivity contribution in [1.29, 1.82) is 21.0 Å². The van der Waals surface area contributed by atoms with Gasteiger partial charge in [0.15, 0.2) is 0 Å². The minimum Gasteiger partial charge on any atom is -0.216 e. The molecule has 0 N–H and O–H groups in total. The first-order valence-corrected chi connectivity index (χ1v) is 17.6. The molecule has 4 aliphatic carbocycles. The number of hydrogen-bond donors (Lipinski definition) is 0. The number of fused-ring (bicyclic) bond motifs is 13. The summed E-state index contributed by atoms with van der Waals surface area (Å²) in [4.78, 5) is 10.9. The summed E-state index contributed by atoms with van der Waals surface area (Å²) in [6.07, 6.45) is 13.6. The molecule has 4 heterocycles. The molecule has 0 amide bonds. The third kappa shape index (κ3) is 3.37. The minimum absolute atomic E-state index is 0.00372. The van der Waals surface area contributed by atoms with E-state index in [0.717, 1.165) is 35.6 Å². The molecular formula is C33H23N5S4. The molecule has 2 fully saturated rings. The second kappa shape index (κ2) is 9.47. The fourth-order valence-corrected chi connectivity index (χ4v) is 14.0. The van der Waals surface area contributed by atoms with Crippen molar-refractivity contribution >= 4 is 71.5 Å². The highest BCUT2D eigenvalue weighted by atomic mass is 32.1. The molecule has 0 aromatic carbocycles. The van der Waals surface area contributed by atoms with Crippen LogP contribution < -0.4 is 0 Å². The van der Waals surface area contributed by atoms with Gasteiger partial charge in [-0.15, -0.1) is 45.3 Å². The molecule has 0 aliphatic heterocycles. The highest BCUT2D eigenvalue weighted by Crippen LogP contribution is 2.69. The average molecular weight is 618 g/mol. The van der Waals surface area contributed by atoms with Gasteiger partial charge in [0.1, 0.15) is 34.9 Å². The topological polar surface area (TPSA) is 108 Å². The minimum atomic E-state index is -0.0888. The molecule has 5 nitrogen and oxygen atoms in total. The van der Waals surface area contributed by atoms with E-state index >= 15 is 0 Å². The van der Waals surface area contributed by atoms with Crippen LogP contribution in [0, 0.1) is 45.3 Å². The van der Waals surface area contributed by atoms with Crippen LogP contribution >= 0.6 is 45.3 Å². The fourth-order valence-electron chi connectivity index (χ4n) is 8.12. The molecule has 0 radical (unpaired) electrons. The summed E-state index contributed by atoms with van der Waals surface area (Å²) in [5.41, 5.74) is 5.88. The van der Waals surface area contributed by atoms with Crippen molar-refractivity contribution in [3.05, 3.63) is 44.8 Å². The lowest BCUT2D eigenvalue weighted by molar-refractivity contribution is 0.355. The molecule has 4 aromatic heterocycles. The van der Waals surface area contributed by atoms with Crippen LogP contribution in [-0.2, 0) is 10.8 Å². The number of hydrogen-bond acceptors (Lipinski definition) is 9. The second-order valence-corrected chi connectivity index (χ2v) is 15.9. The van der Waals surface area contributed by atoms with Crippen molar-refractivity contribution in [3.63, 3.8) is 0 Å². The van der Waals surface area contributed by atoms with E-state index in [1.165, 1.54) is 89.7 Å². The van der Waals surface area contributed by atoms with Gasteiger partial charge in [0, 0.05) is 31.7 Å². The van der Waals surface area contributed by atoms with Gasteiger partial charge in [0.05, 0.1) is 24.0 Å². The summed E-state index contributed by atoms with van der Waals surface area (Å²) in [5.74, 6) is 0. The van der Waals surface area contributed by atoms with Crippen LogP contribution in [0.4, 0.5) is 5.00 Å². The Hall–Kier alpha value is -3.57. The molecule has 4 aromatic rings. The predicted octanol–water partition coefficient (Wildman–Crippen LogP) is 10.1. The van der Waals surface area contributed by atoms with Crippen LogP contribution in [0.15, 0.2) is 22.7 Å². The number of aliphatic imine (C=N–C) groups is 1. The number of nitrogens with zero attached hydrogens (tertiary/aromatic N) is 5. The van der Waals surface area contributed by atoms with Crippen LogP contribution in [0.5, 0.6) is 0 Å². The van der Waals surface area contributed by atoms with E-state index in [1.54, 1.807) is 28.7 Å². The normalized spacial score (nSPS) is 18.3. The van der Waals surface area contributed by atoms with Gasteiger partial charge in [-0.2, -0.15) is 21.0 Å². The van der Waals surface area contributed by atoms with Gasteiger partial charge in [-0.25, -0.2) is 4.99 Å². The second-order valence-electron chi connectivity index (χ2n) is 11.7. The Balaban J connectivity index is 1.37. The van der Waals surface area contributed by atoms with Crippen LogP contribution in [0.25, 0.3) is 35.0 Å². The predicted molar refractivity (Wildman–Crippen MR) is 172 cm³/mol. The van der Waals surface area contributed by atoms with Crippen molar-refractivity contribution < 1.29 is 0 Å². The molecule has 4 aliphatic rings. The number of thiophene rings is 4. The molecule has 2 saturated carbocycles. The van der Waals surface area contributed by atoms with E-state index in [-0.39, 0.29) is 22.1 Å². The van der Waals surface area contributed by atoms with Crippen molar-refractivity contribution in [3.8, 4) is 43.8 Å². The number of rotatable bonds is 2. The molecule has 0 saturated heterocycles. The summed E-state index contributed by atoms with van der Waals surface area (Å²) >= 11 is 7.32. The number of allylic oxidation sites excluding steroid dienone is 1. The summed E-state index contributed by atoms with van der Waals surface area (Å²) in [6.45, 7) is 0. The van der Waals surface area contributed by atoms with E-state index in [9.17, 15) is 21.0 Å². The van der Waals surface area contributed by atoms with Gasteiger partial charge in [-0.05, 0) is 55.0 Å². The lowest BCUT2D eigenvalue weighted by Gasteiger charge is -2.35. The van der Waals surface area contributed by atoms with Crippen LogP contribution in [0.2, 0.25) is 0 Å². The SMILES string of the molecule is N#CC(C#N)=Cc1cc2c(s1)-c1sc3c4c(sc3c1C21CCCCC1)-c1sc(N=C(C#N)C#N)cc1C41CCCCC1. The summed E-state index contributed by atoms with van der Waals surface area (Å²) < 4.78 is 2.92. The largest absolute Gasteiger partial charge is 0.219 e. The lowest BCUT2D eigenvalue weighted by Crippen LogP contribution is -2.28. The molecule has 204 valence electrons. The summed E-state index contributed by atoms with van der Waals surface area (Å²) in [7, 11) is 0. The molecule has 42 heavy (non-hydrogen) atoms. The van der Waals surface area contributed by atoms with Gasteiger partial charge < -0.3 is 0 Å². The van der Waals surface area contributed by atoms with Crippen molar-refractivity contribution in [2.24, 2.45) is 4.99 Å². The molecule has 8 rings (SSSR count). The zero-order valence-corrected chi connectivity index (χ0v) is 25.9. The number of nitriles is 4. The van der Waals surface area contributed by atoms with Crippen molar-refractivity contribution in [1.82, 2.24) is 0 Å². The van der Waals surface area contributed by atoms with E-state index in [4.69, 9.17) is 0 Å². The van der Waals surface area contributed by atoms with Crippen LogP contribution in [-0.4, -0.2) is 5.71 Å².